The van der Waals surface area contributed by atoms with Crippen LogP contribution >= 0.6 is 0 Å². The summed E-state index contributed by atoms with van der Waals surface area (Å²) in [5.74, 6) is 13.2. The number of likely N-dealkylation sites (N-methyl/N-ethyl adjacent to an activating group) is 1. The Labute approximate surface area is 213 Å². The minimum Gasteiger partial charge on any atom is -0.320 e. The largest absolute Gasteiger partial charge is 0.320 e. The van der Waals surface area contributed by atoms with Crippen LogP contribution in [-0.2, 0) is 4.79 Å². The van der Waals surface area contributed by atoms with E-state index in [1.165, 1.54) is 83.5 Å². The van der Waals surface area contributed by atoms with E-state index in [9.17, 15) is 4.79 Å². The van der Waals surface area contributed by atoms with Gasteiger partial charge in [0.1, 0.15) is 0 Å². The Bertz CT molecular complexity index is 574. The van der Waals surface area contributed by atoms with E-state index in [0.717, 1.165) is 38.8 Å². The molecule has 0 heterocycles. The quantitative estimate of drug-likeness (QED) is 0.130. The molecule has 0 aliphatic rings. The first-order valence-corrected chi connectivity index (χ1v) is 14.6. The molecule has 0 saturated carbocycles. The monoisotopic (exact) mass is 472 g/mol. The second-order valence-corrected chi connectivity index (χ2v) is 9.61. The van der Waals surface area contributed by atoms with E-state index in [-0.39, 0.29) is 11.8 Å². The molecular weight excluding hydrogens is 416 g/mol. The van der Waals surface area contributed by atoms with Crippen molar-refractivity contribution in [2.75, 3.05) is 19.6 Å². The molecule has 3 nitrogen and oxygen atoms in total. The standard InChI is InChI=1S/C31H56N2O/c1-4-7-8-9-10-11-12-13-14-15-16-17-18-19-20-21-22-23-24-25-26-27-28-31(34)30(32)29-33(5-2)6-3/h30H,4-16,19-24,27-29,32H2,1-3H3. The SMILES string of the molecule is CCCCCCCCCCCCC#CCCCCCCC#CCCC(=O)C(N)CN(CC)CC. The van der Waals surface area contributed by atoms with E-state index in [1.807, 2.05) is 0 Å². The van der Waals surface area contributed by atoms with Gasteiger partial charge in [-0.1, -0.05) is 91.4 Å². The predicted octanol–water partition coefficient (Wildman–Crippen LogP) is 7.66. The predicted molar refractivity (Wildman–Crippen MR) is 150 cm³/mol. The third-order valence-electron chi connectivity index (χ3n) is 6.52. The summed E-state index contributed by atoms with van der Waals surface area (Å²) in [6, 6.07) is -0.375. The highest BCUT2D eigenvalue weighted by Gasteiger charge is 2.15. The zero-order valence-corrected chi connectivity index (χ0v) is 23.1. The average Bonchev–Trinajstić information content (AvgIpc) is 2.85. The molecule has 0 amide bonds. The van der Waals surface area contributed by atoms with Crippen LogP contribution in [0.1, 0.15) is 143 Å². The van der Waals surface area contributed by atoms with Crippen molar-refractivity contribution in [1.82, 2.24) is 4.90 Å². The highest BCUT2D eigenvalue weighted by molar-refractivity contribution is 5.84. The summed E-state index contributed by atoms with van der Waals surface area (Å²) < 4.78 is 0. The number of nitrogens with two attached hydrogens (primary N) is 1. The van der Waals surface area contributed by atoms with E-state index < -0.39 is 0 Å². The smallest absolute Gasteiger partial charge is 0.151 e. The fourth-order valence-electron chi connectivity index (χ4n) is 4.07. The van der Waals surface area contributed by atoms with Gasteiger partial charge in [0.15, 0.2) is 5.78 Å². The summed E-state index contributed by atoms with van der Waals surface area (Å²) in [5, 5.41) is 0. The second-order valence-electron chi connectivity index (χ2n) is 9.61. The lowest BCUT2D eigenvalue weighted by atomic mass is 10.1. The maximum absolute atomic E-state index is 12.1. The first-order chi connectivity index (χ1) is 16.7. The lowest BCUT2D eigenvalue weighted by Gasteiger charge is -2.21. The summed E-state index contributed by atoms with van der Waals surface area (Å²) in [5.41, 5.74) is 6.01. The molecule has 0 aromatic carbocycles. The highest BCUT2D eigenvalue weighted by Crippen LogP contribution is 2.11. The number of Topliss-reactive ketones (excluding diaryl/α,β-unsaturated/α-hetero) is 1. The molecule has 0 aliphatic heterocycles. The second kappa shape index (κ2) is 26.3. The van der Waals surface area contributed by atoms with Gasteiger partial charge in [0.05, 0.1) is 6.04 Å². The Hall–Kier alpha value is -1.29. The van der Waals surface area contributed by atoms with Gasteiger partial charge in [0.2, 0.25) is 0 Å². The Morgan fingerprint density at radius 2 is 1.00 bits per heavy atom. The molecule has 0 aromatic rings. The van der Waals surface area contributed by atoms with Gasteiger partial charge in [-0.05, 0) is 32.4 Å². The molecule has 196 valence electrons. The Morgan fingerprint density at radius 3 is 1.41 bits per heavy atom. The molecular formula is C31H56N2O. The van der Waals surface area contributed by atoms with E-state index in [0.29, 0.717) is 19.4 Å². The molecule has 0 radical (unpaired) electrons. The molecule has 1 unspecified atom stereocenters. The Morgan fingerprint density at radius 1 is 0.618 bits per heavy atom. The van der Waals surface area contributed by atoms with Gasteiger partial charge in [0.25, 0.3) is 0 Å². The molecule has 0 fully saturated rings. The van der Waals surface area contributed by atoms with Crippen LogP contribution in [0.25, 0.3) is 0 Å². The molecule has 1 atom stereocenters. The highest BCUT2D eigenvalue weighted by atomic mass is 16.1. The van der Waals surface area contributed by atoms with Crippen LogP contribution < -0.4 is 5.73 Å². The molecule has 0 rings (SSSR count). The van der Waals surface area contributed by atoms with Gasteiger partial charge in [-0.3, -0.25) is 4.79 Å². The van der Waals surface area contributed by atoms with Gasteiger partial charge in [-0.25, -0.2) is 0 Å². The van der Waals surface area contributed by atoms with Crippen LogP contribution in [0, 0.1) is 23.7 Å². The third-order valence-corrected chi connectivity index (χ3v) is 6.52. The zero-order valence-electron chi connectivity index (χ0n) is 23.1. The summed E-state index contributed by atoms with van der Waals surface area (Å²) in [6.45, 7) is 9.00. The molecule has 0 bridgehead atoms. The van der Waals surface area contributed by atoms with E-state index >= 15 is 0 Å². The minimum atomic E-state index is -0.375. The zero-order chi connectivity index (χ0) is 25.1. The molecule has 0 spiro atoms. The van der Waals surface area contributed by atoms with Crippen molar-refractivity contribution in [1.29, 1.82) is 0 Å². The molecule has 0 aromatic heterocycles. The van der Waals surface area contributed by atoms with Crippen molar-refractivity contribution >= 4 is 5.78 Å². The van der Waals surface area contributed by atoms with Gasteiger partial charge in [0, 0.05) is 38.6 Å². The lowest BCUT2D eigenvalue weighted by molar-refractivity contribution is -0.120. The Balaban J connectivity index is 3.44. The number of hydrogen-bond acceptors (Lipinski definition) is 3. The van der Waals surface area contributed by atoms with Crippen LogP contribution in [0.15, 0.2) is 0 Å². The van der Waals surface area contributed by atoms with E-state index in [4.69, 9.17) is 5.73 Å². The van der Waals surface area contributed by atoms with Crippen LogP contribution in [0.3, 0.4) is 0 Å². The first kappa shape index (κ1) is 32.7. The number of carbonyl (C=O) groups excluding carboxylic acids is 1. The van der Waals surface area contributed by atoms with Crippen molar-refractivity contribution in [3.8, 4) is 23.7 Å². The lowest BCUT2D eigenvalue weighted by Crippen LogP contribution is -2.42. The van der Waals surface area contributed by atoms with Crippen molar-refractivity contribution < 1.29 is 4.79 Å². The minimum absolute atomic E-state index is 0.135. The molecule has 3 heteroatoms. The van der Waals surface area contributed by atoms with Crippen LogP contribution in [0.2, 0.25) is 0 Å². The summed E-state index contributed by atoms with van der Waals surface area (Å²) in [4.78, 5) is 14.3. The maximum atomic E-state index is 12.1. The number of ketones is 1. The van der Waals surface area contributed by atoms with Gasteiger partial charge < -0.3 is 10.6 Å². The number of rotatable bonds is 22. The van der Waals surface area contributed by atoms with Crippen molar-refractivity contribution in [3.05, 3.63) is 0 Å². The third kappa shape index (κ3) is 22.5. The molecule has 2 N–H and O–H groups in total. The summed E-state index contributed by atoms with van der Waals surface area (Å²) in [7, 11) is 0. The van der Waals surface area contributed by atoms with Crippen LogP contribution in [0.4, 0.5) is 0 Å². The van der Waals surface area contributed by atoms with Crippen molar-refractivity contribution in [3.63, 3.8) is 0 Å². The van der Waals surface area contributed by atoms with Crippen LogP contribution in [-0.4, -0.2) is 36.4 Å². The van der Waals surface area contributed by atoms with Crippen LogP contribution in [0.5, 0.6) is 0 Å². The molecule has 34 heavy (non-hydrogen) atoms. The number of unbranched alkanes of at least 4 members (excludes halogenated alkanes) is 15. The fourth-order valence-corrected chi connectivity index (χ4v) is 4.07. The van der Waals surface area contributed by atoms with Crippen molar-refractivity contribution in [2.24, 2.45) is 5.73 Å². The number of carbonyl (C=O) groups is 1. The summed E-state index contributed by atoms with van der Waals surface area (Å²) >= 11 is 0. The first-order valence-electron chi connectivity index (χ1n) is 14.6. The molecule has 0 saturated heterocycles. The topological polar surface area (TPSA) is 46.3 Å². The van der Waals surface area contributed by atoms with Crippen molar-refractivity contribution in [2.45, 2.75) is 149 Å². The number of nitrogens with zero attached hydrogens (tertiary/aromatic N) is 1. The van der Waals surface area contributed by atoms with Gasteiger partial charge in [-0.2, -0.15) is 0 Å². The van der Waals surface area contributed by atoms with Gasteiger partial charge >= 0.3 is 0 Å². The van der Waals surface area contributed by atoms with Gasteiger partial charge in [-0.15, -0.1) is 23.7 Å². The fraction of sp³-hybridized carbons (Fsp3) is 0.839. The normalized spacial score (nSPS) is 11.6. The Kier molecular flexibility index (Phi) is 25.3. The van der Waals surface area contributed by atoms with E-state index in [2.05, 4.69) is 49.4 Å². The average molecular weight is 473 g/mol. The maximum Gasteiger partial charge on any atom is 0.151 e. The molecule has 0 aliphatic carbocycles. The van der Waals surface area contributed by atoms with E-state index in [1.54, 1.807) is 0 Å². The number of hydrogen-bond donors (Lipinski definition) is 1. The summed E-state index contributed by atoms with van der Waals surface area (Å²) in [6.07, 6.45) is 22.9.